The highest BCUT2D eigenvalue weighted by molar-refractivity contribution is 9.09. The van der Waals surface area contributed by atoms with Crippen LogP contribution >= 0.6 is 15.9 Å². The number of benzene rings is 1. The van der Waals surface area contributed by atoms with Gasteiger partial charge in [0.25, 0.3) is 5.91 Å². The summed E-state index contributed by atoms with van der Waals surface area (Å²) in [6.45, 7) is 0.500. The highest BCUT2D eigenvalue weighted by Crippen LogP contribution is 2.16. The minimum Gasteiger partial charge on any atom is -0.383 e. The summed E-state index contributed by atoms with van der Waals surface area (Å²) in [6, 6.07) is 9.31. The van der Waals surface area contributed by atoms with Gasteiger partial charge in [-0.3, -0.25) is 9.78 Å². The second-order valence-corrected chi connectivity index (χ2v) is 5.27. The zero-order valence-corrected chi connectivity index (χ0v) is 12.9. The average molecular weight is 337 g/mol. The molecule has 0 bridgehead atoms. The van der Waals surface area contributed by atoms with Crippen LogP contribution in [0.3, 0.4) is 0 Å². The first kappa shape index (κ1) is 14.9. The maximum Gasteiger partial charge on any atom is 0.252 e. The number of halogens is 1. The number of aromatic nitrogens is 1. The van der Waals surface area contributed by atoms with Gasteiger partial charge in [0, 0.05) is 29.6 Å². The molecule has 0 aliphatic heterocycles. The molecule has 20 heavy (non-hydrogen) atoms. The topological polar surface area (TPSA) is 51.2 Å². The van der Waals surface area contributed by atoms with Crippen LogP contribution in [0.4, 0.5) is 0 Å². The molecule has 2 aromatic rings. The summed E-state index contributed by atoms with van der Waals surface area (Å²) in [5.41, 5.74) is 1.47. The lowest BCUT2D eigenvalue weighted by atomic mass is 10.1. The highest BCUT2D eigenvalue weighted by atomic mass is 79.9. The second-order valence-electron chi connectivity index (χ2n) is 4.48. The van der Waals surface area contributed by atoms with Crippen LogP contribution in [0.15, 0.2) is 36.5 Å². The molecular weight excluding hydrogens is 320 g/mol. The van der Waals surface area contributed by atoms with Gasteiger partial charge in [0.2, 0.25) is 0 Å². The molecule has 0 saturated carbocycles. The molecule has 2 rings (SSSR count). The number of hydrogen-bond donors (Lipinski definition) is 1. The normalized spacial score (nSPS) is 12.3. The fraction of sp³-hybridized carbons (Fsp3) is 0.333. The van der Waals surface area contributed by atoms with Crippen molar-refractivity contribution >= 4 is 32.7 Å². The number of fused-ring (bicyclic) bond motifs is 1. The van der Waals surface area contributed by atoms with Gasteiger partial charge in [0.05, 0.1) is 18.2 Å². The maximum atomic E-state index is 12.4. The molecule has 0 radical (unpaired) electrons. The van der Waals surface area contributed by atoms with Crippen molar-refractivity contribution < 1.29 is 9.53 Å². The lowest BCUT2D eigenvalue weighted by molar-refractivity contribution is 0.0897. The average Bonchev–Trinajstić information content (AvgIpc) is 2.47. The summed E-state index contributed by atoms with van der Waals surface area (Å²) in [7, 11) is 1.63. The van der Waals surface area contributed by atoms with Crippen LogP contribution in [0, 0.1) is 0 Å². The van der Waals surface area contributed by atoms with E-state index in [0.29, 0.717) is 12.2 Å². The van der Waals surface area contributed by atoms with Crippen LogP contribution in [0.25, 0.3) is 10.9 Å². The van der Waals surface area contributed by atoms with Gasteiger partial charge in [0.1, 0.15) is 0 Å². The first-order chi connectivity index (χ1) is 9.76. The van der Waals surface area contributed by atoms with Crippen LogP contribution in [0.1, 0.15) is 16.8 Å². The molecule has 0 spiro atoms. The Morgan fingerprint density at radius 3 is 3.00 bits per heavy atom. The van der Waals surface area contributed by atoms with Gasteiger partial charge < -0.3 is 10.1 Å². The van der Waals surface area contributed by atoms with Crippen LogP contribution in [0.2, 0.25) is 0 Å². The Kier molecular flexibility index (Phi) is 5.49. The highest BCUT2D eigenvalue weighted by Gasteiger charge is 2.15. The number of methoxy groups -OCH3 is 1. The largest absolute Gasteiger partial charge is 0.383 e. The molecule has 0 saturated heterocycles. The van der Waals surface area contributed by atoms with Crippen LogP contribution in [-0.2, 0) is 4.74 Å². The van der Waals surface area contributed by atoms with Gasteiger partial charge in [-0.2, -0.15) is 0 Å². The minimum absolute atomic E-state index is 0.00111. The van der Waals surface area contributed by atoms with Crippen LogP contribution in [-0.4, -0.2) is 36.0 Å². The third-order valence-electron chi connectivity index (χ3n) is 3.05. The number of nitrogens with one attached hydrogen (secondary N) is 1. The van der Waals surface area contributed by atoms with Gasteiger partial charge in [-0.15, -0.1) is 0 Å². The van der Waals surface area contributed by atoms with E-state index in [1.807, 2.05) is 30.3 Å². The van der Waals surface area contributed by atoms with Crippen LogP contribution in [0.5, 0.6) is 0 Å². The fourth-order valence-corrected chi connectivity index (χ4v) is 2.65. The quantitative estimate of drug-likeness (QED) is 0.825. The number of nitrogens with zero attached hydrogens (tertiary/aromatic N) is 1. The second kappa shape index (κ2) is 7.36. The van der Waals surface area contributed by atoms with E-state index in [9.17, 15) is 4.79 Å². The molecule has 5 heteroatoms. The van der Waals surface area contributed by atoms with Crippen molar-refractivity contribution in [2.75, 3.05) is 19.0 Å². The third-order valence-corrected chi connectivity index (χ3v) is 3.51. The smallest absolute Gasteiger partial charge is 0.252 e. The van der Waals surface area contributed by atoms with Gasteiger partial charge in [-0.1, -0.05) is 28.1 Å². The van der Waals surface area contributed by atoms with Gasteiger partial charge in [0.15, 0.2) is 0 Å². The molecule has 1 aromatic carbocycles. The lowest BCUT2D eigenvalue weighted by Gasteiger charge is -2.17. The van der Waals surface area contributed by atoms with Gasteiger partial charge in [-0.05, 0) is 24.6 Å². The summed E-state index contributed by atoms with van der Waals surface area (Å²) in [5, 5.41) is 4.69. The van der Waals surface area contributed by atoms with E-state index in [4.69, 9.17) is 4.74 Å². The Morgan fingerprint density at radius 1 is 1.40 bits per heavy atom. The predicted molar refractivity (Wildman–Crippen MR) is 83.3 cm³/mol. The van der Waals surface area contributed by atoms with E-state index in [0.717, 1.165) is 22.7 Å². The molecule has 106 valence electrons. The van der Waals surface area contributed by atoms with Crippen molar-refractivity contribution in [1.82, 2.24) is 10.3 Å². The minimum atomic E-state index is -0.0911. The number of pyridine rings is 1. The van der Waals surface area contributed by atoms with Crippen molar-refractivity contribution in [3.63, 3.8) is 0 Å². The molecule has 0 aliphatic carbocycles. The molecule has 1 heterocycles. The Hall–Kier alpha value is -1.46. The lowest BCUT2D eigenvalue weighted by Crippen LogP contribution is -2.38. The van der Waals surface area contributed by atoms with Crippen molar-refractivity contribution in [3.05, 3.63) is 42.1 Å². The number of alkyl halides is 1. The summed E-state index contributed by atoms with van der Waals surface area (Å²) in [4.78, 5) is 16.7. The molecule has 1 N–H and O–H groups in total. The molecule has 4 nitrogen and oxygen atoms in total. The summed E-state index contributed by atoms with van der Waals surface area (Å²) >= 11 is 3.39. The summed E-state index contributed by atoms with van der Waals surface area (Å²) in [5.74, 6) is -0.0911. The molecule has 1 amide bonds. The fourth-order valence-electron chi connectivity index (χ4n) is 2.09. The maximum absolute atomic E-state index is 12.4. The predicted octanol–water partition coefficient (Wildman–Crippen LogP) is 2.76. The molecule has 1 atom stereocenters. The Labute approximate surface area is 126 Å². The van der Waals surface area contributed by atoms with Crippen molar-refractivity contribution in [2.24, 2.45) is 0 Å². The molecule has 0 fully saturated rings. The first-order valence-electron chi connectivity index (χ1n) is 6.45. The number of amides is 1. The number of ether oxygens (including phenoxy) is 1. The number of rotatable bonds is 6. The first-order valence-corrected chi connectivity index (χ1v) is 7.58. The van der Waals surface area contributed by atoms with E-state index in [-0.39, 0.29) is 11.9 Å². The summed E-state index contributed by atoms with van der Waals surface area (Å²) in [6.07, 6.45) is 2.55. The Morgan fingerprint density at radius 2 is 2.25 bits per heavy atom. The van der Waals surface area contributed by atoms with E-state index >= 15 is 0 Å². The standard InChI is InChI=1S/C15H17BrN2O2/c1-20-10-11(7-8-16)18-15(19)13-4-2-6-14-12(13)5-3-9-17-14/h2-6,9,11H,7-8,10H2,1H3,(H,18,19). The Bertz CT molecular complexity index is 578. The molecule has 1 aromatic heterocycles. The molecule has 1 unspecified atom stereocenters. The zero-order valence-electron chi connectivity index (χ0n) is 11.3. The van der Waals surface area contributed by atoms with E-state index < -0.39 is 0 Å². The number of hydrogen-bond acceptors (Lipinski definition) is 3. The van der Waals surface area contributed by atoms with E-state index in [1.165, 1.54) is 0 Å². The van der Waals surface area contributed by atoms with Crippen molar-refractivity contribution in [1.29, 1.82) is 0 Å². The van der Waals surface area contributed by atoms with Crippen molar-refractivity contribution in [2.45, 2.75) is 12.5 Å². The van der Waals surface area contributed by atoms with E-state index in [2.05, 4.69) is 26.2 Å². The SMILES string of the molecule is COCC(CCBr)NC(=O)c1cccc2ncccc12. The zero-order chi connectivity index (χ0) is 14.4. The molecule has 0 aliphatic rings. The third kappa shape index (κ3) is 3.55. The number of carbonyl (C=O) groups excluding carboxylic acids is 1. The molecular formula is C15H17BrN2O2. The van der Waals surface area contributed by atoms with Gasteiger partial charge >= 0.3 is 0 Å². The number of carbonyl (C=O) groups is 1. The van der Waals surface area contributed by atoms with Gasteiger partial charge in [-0.25, -0.2) is 0 Å². The Balaban J connectivity index is 2.22. The van der Waals surface area contributed by atoms with Crippen molar-refractivity contribution in [3.8, 4) is 0 Å². The van der Waals surface area contributed by atoms with Crippen LogP contribution < -0.4 is 5.32 Å². The summed E-state index contributed by atoms with van der Waals surface area (Å²) < 4.78 is 5.13. The monoisotopic (exact) mass is 336 g/mol. The van der Waals surface area contributed by atoms with E-state index in [1.54, 1.807) is 13.3 Å².